The highest BCUT2D eigenvalue weighted by molar-refractivity contribution is 5.93. The Kier molecular flexibility index (Phi) is 4.65. The molecule has 3 atom stereocenters. The van der Waals surface area contributed by atoms with Crippen molar-refractivity contribution in [2.75, 3.05) is 11.9 Å². The van der Waals surface area contributed by atoms with Gasteiger partial charge in [0.2, 0.25) is 5.91 Å². The molecule has 0 saturated carbocycles. The maximum absolute atomic E-state index is 12.2. The van der Waals surface area contributed by atoms with Crippen LogP contribution in [0.3, 0.4) is 0 Å². The van der Waals surface area contributed by atoms with Crippen molar-refractivity contribution in [3.63, 3.8) is 0 Å². The summed E-state index contributed by atoms with van der Waals surface area (Å²) >= 11 is 0. The molecule has 1 heterocycles. The molecule has 2 rings (SSSR count). The Balaban J connectivity index is 1.99. The van der Waals surface area contributed by atoms with Crippen LogP contribution in [0.15, 0.2) is 24.3 Å². The van der Waals surface area contributed by atoms with Crippen molar-refractivity contribution in [1.29, 1.82) is 0 Å². The predicted octanol–water partition coefficient (Wildman–Crippen LogP) is 2.45. The second kappa shape index (κ2) is 6.44. The molecule has 0 radical (unpaired) electrons. The Morgan fingerprint density at radius 1 is 1.55 bits per heavy atom. The highest BCUT2D eigenvalue weighted by atomic mass is 16.5. The van der Waals surface area contributed by atoms with Crippen LogP contribution in [0.5, 0.6) is 5.75 Å². The van der Waals surface area contributed by atoms with Crippen LogP contribution in [0.1, 0.15) is 20.3 Å². The smallest absolute Gasteiger partial charge is 0.230 e. The first-order valence-electron chi connectivity index (χ1n) is 6.73. The largest absolute Gasteiger partial charge is 0.481 e. The summed E-state index contributed by atoms with van der Waals surface area (Å²) in [4.78, 5) is 12.2. The normalized spacial score (nSPS) is 24.9. The molecule has 0 aromatic heterocycles. The summed E-state index contributed by atoms with van der Waals surface area (Å²) < 4.78 is 10.9. The molecule has 4 nitrogen and oxygen atoms in total. The van der Waals surface area contributed by atoms with Gasteiger partial charge in [-0.05, 0) is 32.4 Å². The molecule has 1 amide bonds. The monoisotopic (exact) mass is 273 g/mol. The highest BCUT2D eigenvalue weighted by Crippen LogP contribution is 2.27. The van der Waals surface area contributed by atoms with Gasteiger partial charge < -0.3 is 14.8 Å². The molecule has 0 spiro atoms. The summed E-state index contributed by atoms with van der Waals surface area (Å²) in [5, 5.41) is 2.90. The fourth-order valence-electron chi connectivity index (χ4n) is 2.41. The van der Waals surface area contributed by atoms with Gasteiger partial charge in [0.25, 0.3) is 0 Å². The van der Waals surface area contributed by atoms with E-state index in [1.807, 2.05) is 26.0 Å². The number of anilines is 1. The van der Waals surface area contributed by atoms with Gasteiger partial charge in [0.15, 0.2) is 0 Å². The van der Waals surface area contributed by atoms with Crippen LogP contribution >= 0.6 is 0 Å². The molecule has 0 aliphatic carbocycles. The quantitative estimate of drug-likeness (QED) is 0.857. The van der Waals surface area contributed by atoms with Gasteiger partial charge in [-0.1, -0.05) is 12.0 Å². The lowest BCUT2D eigenvalue weighted by Gasteiger charge is -2.14. The van der Waals surface area contributed by atoms with Crippen LogP contribution in [0.25, 0.3) is 0 Å². The van der Waals surface area contributed by atoms with Gasteiger partial charge in [0.05, 0.1) is 18.1 Å². The van der Waals surface area contributed by atoms with Crippen LogP contribution in [0, 0.1) is 18.3 Å². The van der Waals surface area contributed by atoms with Crippen molar-refractivity contribution in [2.24, 2.45) is 5.92 Å². The second-order valence-corrected chi connectivity index (χ2v) is 5.00. The summed E-state index contributed by atoms with van der Waals surface area (Å²) in [6.07, 6.45) is 5.98. The third-order valence-corrected chi connectivity index (χ3v) is 3.36. The highest BCUT2D eigenvalue weighted by Gasteiger charge is 2.34. The fourth-order valence-corrected chi connectivity index (χ4v) is 2.41. The zero-order valence-electron chi connectivity index (χ0n) is 11.8. The van der Waals surface area contributed by atoms with Crippen molar-refractivity contribution in [3.8, 4) is 18.1 Å². The van der Waals surface area contributed by atoms with Crippen LogP contribution in [-0.4, -0.2) is 24.7 Å². The van der Waals surface area contributed by atoms with E-state index in [2.05, 4.69) is 11.2 Å². The number of terminal acetylenes is 1. The Morgan fingerprint density at radius 3 is 3.00 bits per heavy atom. The van der Waals surface area contributed by atoms with E-state index in [1.54, 1.807) is 12.1 Å². The molecule has 3 unspecified atom stereocenters. The van der Waals surface area contributed by atoms with Crippen LogP contribution < -0.4 is 10.1 Å². The van der Waals surface area contributed by atoms with Gasteiger partial charge in [-0.15, -0.1) is 6.42 Å². The van der Waals surface area contributed by atoms with E-state index >= 15 is 0 Å². The lowest BCUT2D eigenvalue weighted by Crippen LogP contribution is -2.27. The van der Waals surface area contributed by atoms with Crippen LogP contribution in [-0.2, 0) is 9.53 Å². The summed E-state index contributed by atoms with van der Waals surface area (Å²) in [7, 11) is 0. The van der Waals surface area contributed by atoms with E-state index in [0.717, 1.165) is 6.42 Å². The van der Waals surface area contributed by atoms with Crippen molar-refractivity contribution in [1.82, 2.24) is 0 Å². The van der Waals surface area contributed by atoms with Crippen molar-refractivity contribution < 1.29 is 14.3 Å². The van der Waals surface area contributed by atoms with Gasteiger partial charge in [0.1, 0.15) is 12.4 Å². The Hall–Kier alpha value is -1.99. The number of rotatable bonds is 4. The van der Waals surface area contributed by atoms with Crippen LogP contribution in [0.4, 0.5) is 5.69 Å². The molecule has 1 aliphatic rings. The number of nitrogens with one attached hydrogen (secondary N) is 1. The number of benzene rings is 1. The molecule has 1 saturated heterocycles. The van der Waals surface area contributed by atoms with E-state index in [4.69, 9.17) is 15.9 Å². The lowest BCUT2D eigenvalue weighted by molar-refractivity contribution is -0.121. The number of ether oxygens (including phenoxy) is 2. The molecule has 106 valence electrons. The maximum Gasteiger partial charge on any atom is 0.230 e. The molecule has 1 N–H and O–H groups in total. The molecule has 1 aliphatic heterocycles. The van der Waals surface area contributed by atoms with Gasteiger partial charge in [-0.3, -0.25) is 4.79 Å². The van der Waals surface area contributed by atoms with Crippen molar-refractivity contribution in [3.05, 3.63) is 24.3 Å². The number of carbonyl (C=O) groups is 1. The lowest BCUT2D eigenvalue weighted by atomic mass is 9.99. The summed E-state index contributed by atoms with van der Waals surface area (Å²) in [6, 6.07) is 7.21. The average Bonchev–Trinajstić information content (AvgIpc) is 2.76. The zero-order valence-corrected chi connectivity index (χ0v) is 11.8. The van der Waals surface area contributed by atoms with E-state index < -0.39 is 0 Å². The van der Waals surface area contributed by atoms with E-state index in [-0.39, 0.29) is 30.6 Å². The van der Waals surface area contributed by atoms with Crippen molar-refractivity contribution >= 4 is 11.6 Å². The average molecular weight is 273 g/mol. The summed E-state index contributed by atoms with van der Waals surface area (Å²) in [5.74, 6) is 2.92. The SMILES string of the molecule is C#CCOc1cccc(NC(=O)C2CC(C)OC2C)c1. The molecular weight excluding hydrogens is 254 g/mol. The first-order valence-corrected chi connectivity index (χ1v) is 6.73. The molecule has 0 bridgehead atoms. The third-order valence-electron chi connectivity index (χ3n) is 3.36. The number of hydrogen-bond acceptors (Lipinski definition) is 3. The van der Waals surface area contributed by atoms with E-state index in [0.29, 0.717) is 11.4 Å². The van der Waals surface area contributed by atoms with Gasteiger partial charge in [-0.25, -0.2) is 0 Å². The second-order valence-electron chi connectivity index (χ2n) is 5.00. The third kappa shape index (κ3) is 3.52. The molecule has 1 fully saturated rings. The number of amides is 1. The molecule has 20 heavy (non-hydrogen) atoms. The van der Waals surface area contributed by atoms with E-state index in [1.165, 1.54) is 0 Å². The molecular formula is C16H19NO3. The maximum atomic E-state index is 12.2. The van der Waals surface area contributed by atoms with Gasteiger partial charge >= 0.3 is 0 Å². The summed E-state index contributed by atoms with van der Waals surface area (Å²) in [5.41, 5.74) is 0.705. The number of hydrogen-bond donors (Lipinski definition) is 1. The Labute approximate surface area is 119 Å². The minimum atomic E-state index is -0.111. The zero-order chi connectivity index (χ0) is 14.5. The van der Waals surface area contributed by atoms with Gasteiger partial charge in [-0.2, -0.15) is 0 Å². The van der Waals surface area contributed by atoms with E-state index in [9.17, 15) is 4.79 Å². The van der Waals surface area contributed by atoms with Gasteiger partial charge in [0, 0.05) is 11.8 Å². The van der Waals surface area contributed by atoms with Crippen molar-refractivity contribution in [2.45, 2.75) is 32.5 Å². The number of carbonyl (C=O) groups excluding carboxylic acids is 1. The standard InChI is InChI=1S/C16H19NO3/c1-4-8-19-14-7-5-6-13(10-14)17-16(18)15-9-11(2)20-12(15)3/h1,5-7,10-12,15H,8-9H2,2-3H3,(H,17,18). The first-order chi connectivity index (χ1) is 9.60. The molecule has 4 heteroatoms. The minimum Gasteiger partial charge on any atom is -0.481 e. The molecule has 1 aromatic rings. The topological polar surface area (TPSA) is 47.6 Å². The van der Waals surface area contributed by atoms with Crippen LogP contribution in [0.2, 0.25) is 0 Å². The molecule has 1 aromatic carbocycles. The Bertz CT molecular complexity index is 521. The predicted molar refractivity (Wildman–Crippen MR) is 77.5 cm³/mol. The summed E-state index contributed by atoms with van der Waals surface area (Å²) in [6.45, 7) is 4.13. The minimum absolute atomic E-state index is 0.0176. The Morgan fingerprint density at radius 2 is 2.35 bits per heavy atom. The first kappa shape index (κ1) is 14.4. The fraction of sp³-hybridized carbons (Fsp3) is 0.438.